The number of carbonyl (C=O) groups is 1. The molecule has 0 unspecified atom stereocenters. The largest absolute Gasteiger partial charge is 0.481 e. The second kappa shape index (κ2) is 8.76. The molecule has 2 heterocycles. The van der Waals surface area contributed by atoms with Crippen molar-refractivity contribution in [2.75, 3.05) is 11.5 Å². The molecule has 3 aromatic rings. The van der Waals surface area contributed by atoms with Crippen molar-refractivity contribution in [2.24, 2.45) is 0 Å². The summed E-state index contributed by atoms with van der Waals surface area (Å²) in [4.78, 5) is 14.7. The van der Waals surface area contributed by atoms with E-state index in [1.54, 1.807) is 6.20 Å². The monoisotopic (exact) mass is 362 g/mol. The fraction of sp³-hybridized carbons (Fsp3) is 0.222. The second-order valence-electron chi connectivity index (χ2n) is 5.30. The van der Waals surface area contributed by atoms with Crippen LogP contribution < -0.4 is 0 Å². The molecule has 0 saturated heterocycles. The zero-order valence-electron chi connectivity index (χ0n) is 13.1. The van der Waals surface area contributed by atoms with Crippen LogP contribution in [0.15, 0.2) is 55.0 Å². The van der Waals surface area contributed by atoms with Crippen LogP contribution in [0.25, 0.3) is 16.6 Å². The minimum Gasteiger partial charge on any atom is -0.481 e. The molecule has 0 aliphatic rings. The number of carboxylic acids is 1. The highest BCUT2D eigenvalue weighted by Crippen LogP contribution is 2.25. The Balaban J connectivity index is 0.00000208. The third-order valence-electron chi connectivity index (χ3n) is 3.68. The van der Waals surface area contributed by atoms with Crippen LogP contribution in [0.4, 0.5) is 0 Å². The first-order chi connectivity index (χ1) is 11.3. The lowest BCUT2D eigenvalue weighted by Gasteiger charge is -2.03. The van der Waals surface area contributed by atoms with Crippen LogP contribution in [0.2, 0.25) is 0 Å². The van der Waals surface area contributed by atoms with E-state index in [1.807, 2.05) is 24.4 Å². The molecule has 0 saturated carbocycles. The van der Waals surface area contributed by atoms with Crippen LogP contribution in [-0.2, 0) is 11.2 Å². The van der Waals surface area contributed by atoms with Crippen molar-refractivity contribution in [3.05, 3.63) is 60.6 Å². The molecule has 2 aromatic heterocycles. The summed E-state index contributed by atoms with van der Waals surface area (Å²) < 4.78 is 2.17. The van der Waals surface area contributed by atoms with Gasteiger partial charge in [-0.1, -0.05) is 18.2 Å². The molecule has 0 spiro atoms. The summed E-state index contributed by atoms with van der Waals surface area (Å²) in [5.74, 6) is 0.291. The summed E-state index contributed by atoms with van der Waals surface area (Å²) in [7, 11) is 0. The minimum absolute atomic E-state index is 0. The van der Waals surface area contributed by atoms with Crippen LogP contribution in [-0.4, -0.2) is 32.1 Å². The van der Waals surface area contributed by atoms with Crippen molar-refractivity contribution in [1.82, 2.24) is 9.55 Å². The molecule has 0 atom stereocenters. The van der Waals surface area contributed by atoms with Gasteiger partial charge in [0, 0.05) is 17.8 Å². The molecule has 3 rings (SSSR count). The number of rotatable bonds is 7. The van der Waals surface area contributed by atoms with Gasteiger partial charge in [0.1, 0.15) is 0 Å². The number of nitrogens with zero attached hydrogens (tertiary/aromatic N) is 2. The highest BCUT2D eigenvalue weighted by Gasteiger charge is 2.09. The molecule has 126 valence electrons. The second-order valence-corrected chi connectivity index (χ2v) is 6.41. The SMILES string of the molecule is Cl.O=C(O)CSCCCc1cn(-c2cccnc2)c2ccccc12. The van der Waals surface area contributed by atoms with Gasteiger partial charge in [0.05, 0.1) is 23.2 Å². The Morgan fingerprint density at radius 1 is 1.21 bits per heavy atom. The molecule has 0 bridgehead atoms. The van der Waals surface area contributed by atoms with Crippen molar-refractivity contribution in [1.29, 1.82) is 0 Å². The van der Waals surface area contributed by atoms with E-state index in [-0.39, 0.29) is 18.2 Å². The van der Waals surface area contributed by atoms with Crippen LogP contribution in [0.3, 0.4) is 0 Å². The lowest BCUT2D eigenvalue weighted by atomic mass is 10.1. The number of aromatic nitrogens is 2. The van der Waals surface area contributed by atoms with E-state index in [0.29, 0.717) is 0 Å². The molecule has 1 aromatic carbocycles. The highest BCUT2D eigenvalue weighted by atomic mass is 35.5. The number of aryl methyl sites for hydroxylation is 1. The van der Waals surface area contributed by atoms with Gasteiger partial charge < -0.3 is 9.67 Å². The van der Waals surface area contributed by atoms with Crippen LogP contribution >= 0.6 is 24.2 Å². The first kappa shape index (κ1) is 18.4. The maximum Gasteiger partial charge on any atom is 0.313 e. The topological polar surface area (TPSA) is 55.1 Å². The Morgan fingerprint density at radius 2 is 2.04 bits per heavy atom. The highest BCUT2D eigenvalue weighted by molar-refractivity contribution is 7.99. The molecular formula is C18H19ClN2O2S. The first-order valence-electron chi connectivity index (χ1n) is 7.54. The maximum atomic E-state index is 10.5. The van der Waals surface area contributed by atoms with E-state index < -0.39 is 5.97 Å². The number of para-hydroxylation sites is 1. The quantitative estimate of drug-likeness (QED) is 0.640. The maximum absolute atomic E-state index is 10.5. The summed E-state index contributed by atoms with van der Waals surface area (Å²) in [5, 5.41) is 9.92. The zero-order chi connectivity index (χ0) is 16.1. The molecule has 0 aliphatic carbocycles. The summed E-state index contributed by atoms with van der Waals surface area (Å²) >= 11 is 1.47. The van der Waals surface area contributed by atoms with E-state index in [4.69, 9.17) is 5.11 Å². The summed E-state index contributed by atoms with van der Waals surface area (Å²) in [6.07, 6.45) is 7.72. The number of aliphatic carboxylic acids is 1. The Kier molecular flexibility index (Phi) is 6.70. The molecule has 0 radical (unpaired) electrons. The van der Waals surface area contributed by atoms with Gasteiger partial charge in [0.2, 0.25) is 0 Å². The molecule has 0 amide bonds. The number of pyridine rings is 1. The Labute approximate surface area is 151 Å². The Hall–Kier alpha value is -1.98. The van der Waals surface area contributed by atoms with E-state index in [9.17, 15) is 4.79 Å². The van der Waals surface area contributed by atoms with E-state index in [1.165, 1.54) is 28.2 Å². The van der Waals surface area contributed by atoms with Gasteiger partial charge in [-0.2, -0.15) is 11.8 Å². The minimum atomic E-state index is -0.747. The lowest BCUT2D eigenvalue weighted by molar-refractivity contribution is -0.133. The predicted molar refractivity (Wildman–Crippen MR) is 102 cm³/mol. The third kappa shape index (κ3) is 4.30. The molecular weight excluding hydrogens is 344 g/mol. The normalized spacial score (nSPS) is 10.5. The van der Waals surface area contributed by atoms with E-state index in [0.717, 1.165) is 24.3 Å². The van der Waals surface area contributed by atoms with Crippen LogP contribution in [0.1, 0.15) is 12.0 Å². The van der Waals surface area contributed by atoms with Crippen molar-refractivity contribution in [2.45, 2.75) is 12.8 Å². The van der Waals surface area contributed by atoms with Gasteiger partial charge in [-0.25, -0.2) is 0 Å². The molecule has 24 heavy (non-hydrogen) atoms. The van der Waals surface area contributed by atoms with Gasteiger partial charge >= 0.3 is 5.97 Å². The average Bonchev–Trinajstić information content (AvgIpc) is 2.94. The lowest BCUT2D eigenvalue weighted by Crippen LogP contribution is -1.99. The summed E-state index contributed by atoms with van der Waals surface area (Å²) in [5.41, 5.74) is 3.52. The number of halogens is 1. The van der Waals surface area contributed by atoms with Crippen LogP contribution in [0, 0.1) is 0 Å². The van der Waals surface area contributed by atoms with Gasteiger partial charge in [-0.3, -0.25) is 9.78 Å². The number of benzene rings is 1. The average molecular weight is 363 g/mol. The van der Waals surface area contributed by atoms with Crippen LogP contribution in [0.5, 0.6) is 0 Å². The van der Waals surface area contributed by atoms with Gasteiger partial charge in [0.15, 0.2) is 0 Å². The summed E-state index contributed by atoms with van der Waals surface area (Å²) in [6, 6.07) is 12.3. The van der Waals surface area contributed by atoms with Gasteiger partial charge in [-0.05, 0) is 42.4 Å². The number of hydrogen-bond acceptors (Lipinski definition) is 3. The van der Waals surface area contributed by atoms with E-state index >= 15 is 0 Å². The van der Waals surface area contributed by atoms with Crippen molar-refractivity contribution in [3.8, 4) is 5.69 Å². The molecule has 0 fully saturated rings. The molecule has 0 aliphatic heterocycles. The predicted octanol–water partition coefficient (Wildman–Crippen LogP) is 4.20. The Morgan fingerprint density at radius 3 is 2.79 bits per heavy atom. The van der Waals surface area contributed by atoms with Crippen molar-refractivity contribution >= 4 is 41.0 Å². The van der Waals surface area contributed by atoms with Crippen molar-refractivity contribution in [3.63, 3.8) is 0 Å². The zero-order valence-corrected chi connectivity index (χ0v) is 14.7. The fourth-order valence-electron chi connectivity index (χ4n) is 2.68. The van der Waals surface area contributed by atoms with E-state index in [2.05, 4.69) is 33.9 Å². The number of thioether (sulfide) groups is 1. The number of fused-ring (bicyclic) bond motifs is 1. The molecule has 1 N–H and O–H groups in total. The summed E-state index contributed by atoms with van der Waals surface area (Å²) in [6.45, 7) is 0. The first-order valence-corrected chi connectivity index (χ1v) is 8.70. The van der Waals surface area contributed by atoms with Gasteiger partial charge in [0.25, 0.3) is 0 Å². The van der Waals surface area contributed by atoms with Crippen molar-refractivity contribution < 1.29 is 9.90 Å². The third-order valence-corrected chi connectivity index (χ3v) is 4.71. The van der Waals surface area contributed by atoms with Gasteiger partial charge in [-0.15, -0.1) is 12.4 Å². The standard InChI is InChI=1S/C18H18N2O2S.ClH/c21-18(22)13-23-10-4-5-14-12-20(15-6-3-9-19-11-15)17-8-2-1-7-16(14)17;/h1-3,6-9,11-12H,4-5,10,13H2,(H,21,22);1H. The molecule has 4 nitrogen and oxygen atoms in total. The Bertz CT molecular complexity index is 805. The number of carboxylic acid groups (broad SMARTS) is 1. The molecule has 6 heteroatoms. The number of hydrogen-bond donors (Lipinski definition) is 1. The fourth-order valence-corrected chi connectivity index (χ4v) is 3.35. The smallest absolute Gasteiger partial charge is 0.313 e.